The predicted molar refractivity (Wildman–Crippen MR) is 111 cm³/mol. The van der Waals surface area contributed by atoms with Gasteiger partial charge in [0.15, 0.2) is 16.9 Å². The van der Waals surface area contributed by atoms with Crippen molar-refractivity contribution in [3.8, 4) is 5.69 Å². The number of benzene rings is 1. The highest BCUT2D eigenvalue weighted by Crippen LogP contribution is 2.31. The van der Waals surface area contributed by atoms with E-state index in [1.807, 2.05) is 0 Å². The third kappa shape index (κ3) is 2.91. The first-order valence-corrected chi connectivity index (χ1v) is 9.76. The molecular formula is C21H20F3N5O3. The SMILES string of the molecule is CC(=O)[C@H](C)n1c(=O)c2c(nc3n(-c4ccc(C(F)(F)F)cc4)c(C)c(C)n23)n(C)c1=O. The fourth-order valence-electron chi connectivity index (χ4n) is 3.85. The molecule has 1 aromatic carbocycles. The lowest BCUT2D eigenvalue weighted by Gasteiger charge is -2.12. The lowest BCUT2D eigenvalue weighted by molar-refractivity contribution is -0.137. The van der Waals surface area contributed by atoms with E-state index < -0.39 is 29.0 Å². The van der Waals surface area contributed by atoms with Crippen LogP contribution in [0.2, 0.25) is 0 Å². The first-order chi connectivity index (χ1) is 14.9. The quantitative estimate of drug-likeness (QED) is 0.484. The van der Waals surface area contributed by atoms with Gasteiger partial charge in [-0.15, -0.1) is 0 Å². The van der Waals surface area contributed by atoms with Crippen LogP contribution < -0.4 is 11.2 Å². The number of fused-ring (bicyclic) bond motifs is 3. The van der Waals surface area contributed by atoms with Crippen LogP contribution in [0.3, 0.4) is 0 Å². The Labute approximate surface area is 179 Å². The molecule has 0 aliphatic heterocycles. The Kier molecular flexibility index (Phi) is 4.68. The Morgan fingerprint density at radius 1 is 1.06 bits per heavy atom. The molecule has 0 fully saturated rings. The summed E-state index contributed by atoms with van der Waals surface area (Å²) in [5.41, 5.74) is -0.185. The highest BCUT2D eigenvalue weighted by atomic mass is 19.4. The van der Waals surface area contributed by atoms with Gasteiger partial charge < -0.3 is 0 Å². The average Bonchev–Trinajstić information content (AvgIpc) is 3.21. The van der Waals surface area contributed by atoms with E-state index >= 15 is 0 Å². The Bertz CT molecular complexity index is 1520. The van der Waals surface area contributed by atoms with Gasteiger partial charge in [0.2, 0.25) is 5.78 Å². The van der Waals surface area contributed by atoms with Crippen molar-refractivity contribution in [2.75, 3.05) is 0 Å². The van der Waals surface area contributed by atoms with Gasteiger partial charge in [0.25, 0.3) is 5.56 Å². The minimum absolute atomic E-state index is 0.112. The number of ketones is 1. The topological polar surface area (TPSA) is 83.3 Å². The van der Waals surface area contributed by atoms with Crippen LogP contribution in [-0.4, -0.2) is 28.9 Å². The number of halogens is 3. The summed E-state index contributed by atoms with van der Waals surface area (Å²) < 4.78 is 44.2. The Morgan fingerprint density at radius 3 is 2.19 bits per heavy atom. The molecule has 1 atom stereocenters. The largest absolute Gasteiger partial charge is 0.416 e. The van der Waals surface area contributed by atoms with Crippen LogP contribution in [0.5, 0.6) is 0 Å². The molecule has 8 nitrogen and oxygen atoms in total. The zero-order valence-electron chi connectivity index (χ0n) is 18.0. The van der Waals surface area contributed by atoms with E-state index in [2.05, 4.69) is 4.98 Å². The first-order valence-electron chi connectivity index (χ1n) is 9.76. The van der Waals surface area contributed by atoms with Gasteiger partial charge in [0, 0.05) is 24.1 Å². The van der Waals surface area contributed by atoms with Gasteiger partial charge in [-0.25, -0.2) is 9.36 Å². The number of Topliss-reactive ketones (excluding diaryl/α,β-unsaturated/α-hetero) is 1. The van der Waals surface area contributed by atoms with Gasteiger partial charge in [0.05, 0.1) is 11.6 Å². The molecule has 3 heterocycles. The van der Waals surface area contributed by atoms with Crippen molar-refractivity contribution >= 4 is 22.7 Å². The molecule has 0 bridgehead atoms. The molecule has 4 rings (SSSR count). The molecule has 32 heavy (non-hydrogen) atoms. The Balaban J connectivity index is 2.09. The van der Waals surface area contributed by atoms with Crippen LogP contribution in [0.1, 0.15) is 36.8 Å². The molecule has 3 aromatic heterocycles. The molecule has 0 radical (unpaired) electrons. The second-order valence-corrected chi connectivity index (χ2v) is 7.77. The normalized spacial score (nSPS) is 13.2. The number of hydrogen-bond acceptors (Lipinski definition) is 4. The van der Waals surface area contributed by atoms with Gasteiger partial charge in [-0.1, -0.05) is 0 Å². The molecule has 0 spiro atoms. The molecule has 0 amide bonds. The summed E-state index contributed by atoms with van der Waals surface area (Å²) in [5, 5.41) is 0. The van der Waals surface area contributed by atoms with Crippen LogP contribution in [0, 0.1) is 13.8 Å². The number of alkyl halides is 3. The highest BCUT2D eigenvalue weighted by molar-refractivity contribution is 5.81. The summed E-state index contributed by atoms with van der Waals surface area (Å²) in [4.78, 5) is 42.5. The summed E-state index contributed by atoms with van der Waals surface area (Å²) >= 11 is 0. The lowest BCUT2D eigenvalue weighted by Crippen LogP contribution is -2.42. The fourth-order valence-corrected chi connectivity index (χ4v) is 3.85. The Hall–Kier alpha value is -3.63. The van der Waals surface area contributed by atoms with E-state index in [4.69, 9.17) is 0 Å². The molecule has 0 unspecified atom stereocenters. The highest BCUT2D eigenvalue weighted by Gasteiger charge is 2.30. The average molecular weight is 447 g/mol. The molecule has 0 saturated carbocycles. The maximum Gasteiger partial charge on any atom is 0.416 e. The number of carbonyl (C=O) groups is 1. The number of aromatic nitrogens is 5. The summed E-state index contributed by atoms with van der Waals surface area (Å²) in [6.45, 7) is 6.27. The van der Waals surface area contributed by atoms with Crippen LogP contribution >= 0.6 is 0 Å². The van der Waals surface area contributed by atoms with Crippen LogP contribution in [0.25, 0.3) is 22.6 Å². The van der Waals surface area contributed by atoms with Gasteiger partial charge in [-0.3, -0.25) is 23.1 Å². The summed E-state index contributed by atoms with van der Waals surface area (Å²) in [7, 11) is 1.45. The number of rotatable bonds is 3. The molecule has 0 aliphatic carbocycles. The molecule has 0 saturated heterocycles. The zero-order chi connectivity index (χ0) is 23.7. The van der Waals surface area contributed by atoms with Crippen molar-refractivity contribution in [1.82, 2.24) is 23.1 Å². The maximum atomic E-state index is 13.3. The van der Waals surface area contributed by atoms with E-state index in [0.29, 0.717) is 17.1 Å². The maximum absolute atomic E-state index is 13.3. The van der Waals surface area contributed by atoms with Crippen molar-refractivity contribution < 1.29 is 18.0 Å². The minimum Gasteiger partial charge on any atom is -0.298 e. The van der Waals surface area contributed by atoms with Crippen molar-refractivity contribution in [2.45, 2.75) is 39.9 Å². The Morgan fingerprint density at radius 2 is 1.66 bits per heavy atom. The predicted octanol–water partition coefficient (Wildman–Crippen LogP) is 2.92. The van der Waals surface area contributed by atoms with E-state index in [0.717, 1.165) is 16.7 Å². The van der Waals surface area contributed by atoms with E-state index in [-0.39, 0.29) is 22.7 Å². The molecule has 4 aromatic rings. The number of aryl methyl sites for hydroxylation is 2. The summed E-state index contributed by atoms with van der Waals surface area (Å²) in [6.07, 6.45) is -4.46. The van der Waals surface area contributed by atoms with Gasteiger partial charge in [-0.2, -0.15) is 18.2 Å². The molecule has 0 N–H and O–H groups in total. The fraction of sp³-hybridized carbons (Fsp3) is 0.333. The van der Waals surface area contributed by atoms with E-state index in [1.165, 1.54) is 37.6 Å². The molecular weight excluding hydrogens is 427 g/mol. The van der Waals surface area contributed by atoms with E-state index in [9.17, 15) is 27.6 Å². The number of imidazole rings is 2. The third-order valence-corrected chi connectivity index (χ3v) is 5.90. The summed E-state index contributed by atoms with van der Waals surface area (Å²) in [5.74, 6) is -0.0744. The molecule has 168 valence electrons. The second kappa shape index (κ2) is 6.94. The zero-order valence-corrected chi connectivity index (χ0v) is 18.0. The number of hydrogen-bond donors (Lipinski definition) is 0. The van der Waals surface area contributed by atoms with Crippen molar-refractivity contribution in [3.05, 3.63) is 62.1 Å². The standard InChI is InChI=1S/C21H20F3N5O3/c1-10-11(2)28-16-17(26(5)20(32)29(18(16)31)12(3)13(4)30)25-19(28)27(10)15-8-6-14(7-9-15)21(22,23)24/h6-9,12H,1-5H3/t12-/m0/s1. The van der Waals surface area contributed by atoms with Crippen LogP contribution in [-0.2, 0) is 18.0 Å². The van der Waals surface area contributed by atoms with Crippen molar-refractivity contribution in [2.24, 2.45) is 7.05 Å². The number of nitrogens with zero attached hydrogens (tertiary/aromatic N) is 5. The third-order valence-electron chi connectivity index (χ3n) is 5.90. The van der Waals surface area contributed by atoms with Crippen LogP contribution in [0.15, 0.2) is 33.9 Å². The van der Waals surface area contributed by atoms with Crippen LogP contribution in [0.4, 0.5) is 13.2 Å². The van der Waals surface area contributed by atoms with Gasteiger partial charge in [-0.05, 0) is 52.0 Å². The van der Waals surface area contributed by atoms with Crippen molar-refractivity contribution in [3.63, 3.8) is 0 Å². The second-order valence-electron chi connectivity index (χ2n) is 7.77. The van der Waals surface area contributed by atoms with Gasteiger partial charge in [0.1, 0.15) is 0 Å². The monoisotopic (exact) mass is 447 g/mol. The number of carbonyl (C=O) groups excluding carboxylic acids is 1. The summed E-state index contributed by atoms with van der Waals surface area (Å²) in [6, 6.07) is 3.63. The molecule has 11 heteroatoms. The first kappa shape index (κ1) is 21.6. The lowest BCUT2D eigenvalue weighted by atomic mass is 10.2. The molecule has 0 aliphatic rings. The van der Waals surface area contributed by atoms with E-state index in [1.54, 1.807) is 22.8 Å². The smallest absolute Gasteiger partial charge is 0.298 e. The minimum atomic E-state index is -4.46. The van der Waals surface area contributed by atoms with Gasteiger partial charge >= 0.3 is 11.9 Å². The van der Waals surface area contributed by atoms with Crippen molar-refractivity contribution in [1.29, 1.82) is 0 Å².